The van der Waals surface area contributed by atoms with E-state index < -0.39 is 0 Å². The Morgan fingerprint density at radius 3 is 2.37 bits per heavy atom. The molecule has 27 heavy (non-hydrogen) atoms. The van der Waals surface area contributed by atoms with Gasteiger partial charge < -0.3 is 29.6 Å². The summed E-state index contributed by atoms with van der Waals surface area (Å²) in [5.41, 5.74) is 0.959. The number of aliphatic imine (C=N–C) groups is 1. The van der Waals surface area contributed by atoms with E-state index in [1.54, 1.807) is 14.2 Å². The number of hydrogen-bond acceptors (Lipinski definition) is 5. The molecule has 0 aliphatic rings. The molecule has 0 bridgehead atoms. The van der Waals surface area contributed by atoms with Crippen LogP contribution in [-0.4, -0.2) is 65.8 Å². The molecule has 0 spiro atoms. The summed E-state index contributed by atoms with van der Waals surface area (Å²) >= 11 is 0. The summed E-state index contributed by atoms with van der Waals surface area (Å²) in [6.07, 6.45) is 1.93. The molecule has 2 N–H and O–H groups in total. The minimum Gasteiger partial charge on any atom is -0.491 e. The van der Waals surface area contributed by atoms with E-state index in [9.17, 15) is 0 Å². The summed E-state index contributed by atoms with van der Waals surface area (Å²) in [5, 5.41) is 6.67. The highest BCUT2D eigenvalue weighted by molar-refractivity contribution is 5.93. The molecule has 0 radical (unpaired) electrons. The first-order valence-electron chi connectivity index (χ1n) is 9.53. The molecule has 7 heteroatoms. The molecule has 1 rings (SSSR count). The molecule has 1 aromatic carbocycles. The highest BCUT2D eigenvalue weighted by Crippen LogP contribution is 2.16. The number of benzene rings is 1. The molecule has 0 amide bonds. The van der Waals surface area contributed by atoms with E-state index in [2.05, 4.69) is 15.6 Å². The zero-order valence-electron chi connectivity index (χ0n) is 17.1. The smallest absolute Gasteiger partial charge is 0.195 e. The molecule has 0 saturated carbocycles. The first-order chi connectivity index (χ1) is 13.2. The van der Waals surface area contributed by atoms with E-state index in [-0.39, 0.29) is 6.10 Å². The lowest BCUT2D eigenvalue weighted by Gasteiger charge is -2.14. The molecule has 0 atom stereocenters. The minimum absolute atomic E-state index is 0.162. The molecule has 7 nitrogen and oxygen atoms in total. The Bertz CT molecular complexity index is 506. The Morgan fingerprint density at radius 2 is 1.70 bits per heavy atom. The van der Waals surface area contributed by atoms with Crippen LogP contribution in [0.4, 0.5) is 5.69 Å². The average Bonchev–Trinajstić information content (AvgIpc) is 2.65. The lowest BCUT2D eigenvalue weighted by molar-refractivity contribution is 0.0699. The number of ether oxygens (including phenoxy) is 4. The Balaban J connectivity index is 2.47. The van der Waals surface area contributed by atoms with Crippen molar-refractivity contribution in [2.45, 2.75) is 32.8 Å². The third-order valence-corrected chi connectivity index (χ3v) is 3.46. The molecule has 0 aromatic heterocycles. The Labute approximate surface area is 163 Å². The maximum Gasteiger partial charge on any atom is 0.195 e. The zero-order chi connectivity index (χ0) is 19.7. The number of hydrogen-bond donors (Lipinski definition) is 2. The predicted octanol–water partition coefficient (Wildman–Crippen LogP) is 2.92. The van der Waals surface area contributed by atoms with Crippen LogP contribution in [0.15, 0.2) is 29.3 Å². The number of nitrogens with one attached hydrogen (secondary N) is 2. The Hall–Kier alpha value is -1.83. The SMILES string of the molecule is COCCCN=C(NCCCOCCOC)Nc1ccc(OC(C)C)cc1. The average molecular weight is 382 g/mol. The van der Waals surface area contributed by atoms with E-state index in [0.717, 1.165) is 36.8 Å². The molecule has 0 aliphatic heterocycles. The quantitative estimate of drug-likeness (QED) is 0.293. The first-order valence-corrected chi connectivity index (χ1v) is 9.53. The number of anilines is 1. The Morgan fingerprint density at radius 1 is 0.963 bits per heavy atom. The van der Waals surface area contributed by atoms with Gasteiger partial charge in [0.2, 0.25) is 0 Å². The maximum atomic E-state index is 5.68. The van der Waals surface area contributed by atoms with Crippen LogP contribution in [0, 0.1) is 0 Å². The summed E-state index contributed by atoms with van der Waals surface area (Å²) in [4.78, 5) is 4.60. The second-order valence-electron chi connectivity index (χ2n) is 6.28. The zero-order valence-corrected chi connectivity index (χ0v) is 17.1. The number of guanidine groups is 1. The standard InChI is InChI=1S/C20H35N3O4/c1-17(2)27-19-9-7-18(8-10-19)23-20(21-11-5-13-24-3)22-12-6-14-26-16-15-25-4/h7-10,17H,5-6,11-16H2,1-4H3,(H2,21,22,23). The fourth-order valence-electron chi connectivity index (χ4n) is 2.19. The lowest BCUT2D eigenvalue weighted by Crippen LogP contribution is -2.32. The van der Waals surface area contributed by atoms with E-state index >= 15 is 0 Å². The highest BCUT2D eigenvalue weighted by atomic mass is 16.5. The van der Waals surface area contributed by atoms with Crippen LogP contribution in [-0.2, 0) is 14.2 Å². The first kappa shape index (κ1) is 23.2. The van der Waals surface area contributed by atoms with Gasteiger partial charge in [0.25, 0.3) is 0 Å². The number of rotatable bonds is 14. The summed E-state index contributed by atoms with van der Waals surface area (Å²) in [7, 11) is 3.37. The van der Waals surface area contributed by atoms with Crippen LogP contribution in [0.25, 0.3) is 0 Å². The van der Waals surface area contributed by atoms with Crippen molar-refractivity contribution in [2.75, 3.05) is 59.1 Å². The van der Waals surface area contributed by atoms with Gasteiger partial charge in [-0.05, 0) is 51.0 Å². The highest BCUT2D eigenvalue weighted by Gasteiger charge is 2.02. The van der Waals surface area contributed by atoms with Gasteiger partial charge in [-0.2, -0.15) is 0 Å². The molecule has 154 valence electrons. The fraction of sp³-hybridized carbons (Fsp3) is 0.650. The molecular formula is C20H35N3O4. The van der Waals surface area contributed by atoms with Crippen molar-refractivity contribution < 1.29 is 18.9 Å². The van der Waals surface area contributed by atoms with Gasteiger partial charge >= 0.3 is 0 Å². The molecule has 0 unspecified atom stereocenters. The van der Waals surface area contributed by atoms with Crippen LogP contribution >= 0.6 is 0 Å². The largest absolute Gasteiger partial charge is 0.491 e. The summed E-state index contributed by atoms with van der Waals surface area (Å²) in [5.74, 6) is 1.61. The van der Waals surface area contributed by atoms with Crippen molar-refractivity contribution in [2.24, 2.45) is 4.99 Å². The van der Waals surface area contributed by atoms with E-state index in [0.29, 0.717) is 33.0 Å². The summed E-state index contributed by atoms with van der Waals surface area (Å²) < 4.78 is 21.2. The van der Waals surface area contributed by atoms with Gasteiger partial charge in [0.15, 0.2) is 5.96 Å². The van der Waals surface area contributed by atoms with Crippen molar-refractivity contribution >= 4 is 11.6 Å². The maximum absolute atomic E-state index is 5.68. The lowest BCUT2D eigenvalue weighted by atomic mass is 10.3. The topological polar surface area (TPSA) is 73.3 Å². The van der Waals surface area contributed by atoms with Crippen molar-refractivity contribution in [1.82, 2.24) is 5.32 Å². The van der Waals surface area contributed by atoms with Crippen LogP contribution in [0.5, 0.6) is 5.75 Å². The third-order valence-electron chi connectivity index (χ3n) is 3.46. The van der Waals surface area contributed by atoms with Crippen molar-refractivity contribution in [3.63, 3.8) is 0 Å². The molecule has 0 aliphatic carbocycles. The van der Waals surface area contributed by atoms with Crippen molar-refractivity contribution in [3.05, 3.63) is 24.3 Å². The van der Waals surface area contributed by atoms with Gasteiger partial charge in [0.05, 0.1) is 19.3 Å². The Kier molecular flexibility index (Phi) is 13.1. The summed E-state index contributed by atoms with van der Waals surface area (Å²) in [6.45, 7) is 8.13. The summed E-state index contributed by atoms with van der Waals surface area (Å²) in [6, 6.07) is 7.87. The minimum atomic E-state index is 0.162. The van der Waals surface area contributed by atoms with E-state index in [1.165, 1.54) is 0 Å². The third kappa shape index (κ3) is 12.2. The normalized spacial score (nSPS) is 11.7. The number of methoxy groups -OCH3 is 2. The fourth-order valence-corrected chi connectivity index (χ4v) is 2.19. The van der Waals surface area contributed by atoms with Gasteiger partial charge in [0, 0.05) is 46.2 Å². The van der Waals surface area contributed by atoms with Gasteiger partial charge in [-0.3, -0.25) is 4.99 Å². The van der Waals surface area contributed by atoms with Gasteiger partial charge in [-0.1, -0.05) is 0 Å². The molecule has 0 fully saturated rings. The monoisotopic (exact) mass is 381 g/mol. The second-order valence-corrected chi connectivity index (χ2v) is 6.28. The van der Waals surface area contributed by atoms with E-state index in [4.69, 9.17) is 18.9 Å². The van der Waals surface area contributed by atoms with Gasteiger partial charge in [-0.15, -0.1) is 0 Å². The van der Waals surface area contributed by atoms with Crippen LogP contribution in [0.2, 0.25) is 0 Å². The van der Waals surface area contributed by atoms with Crippen LogP contribution < -0.4 is 15.4 Å². The molecule has 0 heterocycles. The second kappa shape index (κ2) is 15.2. The molecule has 1 aromatic rings. The van der Waals surface area contributed by atoms with Crippen molar-refractivity contribution in [3.8, 4) is 5.75 Å². The number of nitrogens with zero attached hydrogens (tertiary/aromatic N) is 1. The predicted molar refractivity (Wildman–Crippen MR) is 110 cm³/mol. The van der Waals surface area contributed by atoms with Gasteiger partial charge in [0.1, 0.15) is 5.75 Å². The van der Waals surface area contributed by atoms with Crippen LogP contribution in [0.3, 0.4) is 0 Å². The molecule has 0 saturated heterocycles. The van der Waals surface area contributed by atoms with Crippen molar-refractivity contribution in [1.29, 1.82) is 0 Å². The van der Waals surface area contributed by atoms with Crippen LogP contribution in [0.1, 0.15) is 26.7 Å². The van der Waals surface area contributed by atoms with E-state index in [1.807, 2.05) is 38.1 Å². The van der Waals surface area contributed by atoms with Gasteiger partial charge in [-0.25, -0.2) is 0 Å². The molecular weight excluding hydrogens is 346 g/mol.